The molecule has 4 N–H and O–H groups in total. The van der Waals surface area contributed by atoms with Crippen LogP contribution in [0.2, 0.25) is 0 Å². The van der Waals surface area contributed by atoms with Crippen LogP contribution >= 0.6 is 11.6 Å². The van der Waals surface area contributed by atoms with Gasteiger partial charge in [0.15, 0.2) is 6.29 Å². The van der Waals surface area contributed by atoms with Crippen molar-refractivity contribution in [3.05, 3.63) is 455 Å². The van der Waals surface area contributed by atoms with E-state index in [0.717, 1.165) is 80.4 Å². The molecule has 0 heterocycles. The molecule has 0 aromatic heterocycles. The minimum absolute atomic E-state index is 0. The predicted molar refractivity (Wildman–Crippen MR) is 544 cm³/mol. The Morgan fingerprint density at radius 2 is 0.543 bits per heavy atom. The van der Waals surface area contributed by atoms with Crippen molar-refractivity contribution >= 4 is 47.4 Å². The van der Waals surface area contributed by atoms with E-state index in [1.807, 2.05) is 215 Å². The summed E-state index contributed by atoms with van der Waals surface area (Å²) in [4.78, 5) is 69.0. The van der Waals surface area contributed by atoms with Crippen molar-refractivity contribution < 1.29 is 103 Å². The lowest BCUT2D eigenvalue weighted by Crippen LogP contribution is -2.16. The Morgan fingerprint density at radius 3 is 0.775 bits per heavy atom. The largest absolute Gasteiger partial charge is 0.508 e. The lowest BCUT2D eigenvalue weighted by molar-refractivity contribution is -0.0613. The molecule has 0 aliphatic carbocycles. The highest BCUT2D eigenvalue weighted by atomic mass is 35.5. The molecular weight excluding hydrogens is 1760 g/mol. The van der Waals surface area contributed by atoms with E-state index in [-0.39, 0.29) is 42.7 Å². The number of benzene rings is 14. The average Bonchev–Trinajstić information content (AvgIpc) is 0.865. The highest BCUT2D eigenvalue weighted by Gasteiger charge is 2.15. The normalized spacial score (nSPS) is 10.1. The third kappa shape index (κ3) is 45.3. The number of phenols is 3. The molecular formula is C116H125ClO21. The van der Waals surface area contributed by atoms with Crippen LogP contribution in [0.5, 0.6) is 57.5 Å². The van der Waals surface area contributed by atoms with Gasteiger partial charge in [-0.05, 0) is 285 Å². The van der Waals surface area contributed by atoms with Crippen molar-refractivity contribution in [3.8, 4) is 57.5 Å². The molecule has 1 atom stereocenters. The number of methoxy groups -OCH3 is 2. The number of carbonyl (C=O) groups excluding carboxylic acids is 5. The second-order valence-corrected chi connectivity index (χ2v) is 30.2. The third-order valence-corrected chi connectivity index (χ3v) is 19.5. The van der Waals surface area contributed by atoms with Crippen LogP contribution in [0.4, 0.5) is 0 Å². The third-order valence-electron chi connectivity index (χ3n) is 19.2. The summed E-state index contributed by atoms with van der Waals surface area (Å²) in [6.07, 6.45) is 9.71. The first-order chi connectivity index (χ1) is 67.0. The molecule has 0 spiro atoms. The van der Waals surface area contributed by atoms with E-state index in [1.165, 1.54) is 109 Å². The molecule has 14 aromatic rings. The van der Waals surface area contributed by atoms with Crippen molar-refractivity contribution in [2.75, 3.05) is 27.4 Å². The quantitative estimate of drug-likeness (QED) is 0.00977. The van der Waals surface area contributed by atoms with E-state index >= 15 is 0 Å². The maximum Gasteiger partial charge on any atom is 0.343 e. The highest BCUT2D eigenvalue weighted by Crippen LogP contribution is 2.25. The van der Waals surface area contributed by atoms with Gasteiger partial charge in [0.2, 0.25) is 0 Å². The zero-order valence-corrected chi connectivity index (χ0v) is 80.3. The molecule has 0 fully saturated rings. The van der Waals surface area contributed by atoms with Gasteiger partial charge in [-0.25, -0.2) is 28.8 Å². The highest BCUT2D eigenvalue weighted by molar-refractivity contribution is 6.17. The first-order valence-electron chi connectivity index (χ1n) is 45.2. The molecule has 0 saturated carbocycles. The summed E-state index contributed by atoms with van der Waals surface area (Å²) >= 11 is 5.53. The lowest BCUT2D eigenvalue weighted by atomic mass is 10.1. The number of ether oxygens (including phenoxy) is 11. The molecule has 22 heteroatoms. The number of carboxylic acids is 1. The van der Waals surface area contributed by atoms with Gasteiger partial charge < -0.3 is 72.5 Å². The number of rotatable bonds is 33. The molecule has 0 saturated heterocycles. The van der Waals surface area contributed by atoms with Crippen LogP contribution in [0, 0.1) is 0 Å². The molecule has 1 unspecified atom stereocenters. The van der Waals surface area contributed by atoms with Gasteiger partial charge in [0.1, 0.15) is 77.3 Å². The Hall–Kier alpha value is -15.7. The van der Waals surface area contributed by atoms with E-state index in [9.17, 15) is 28.8 Å². The number of carboxylic acid groups (broad SMARTS) is 1. The fraction of sp³-hybridized carbons (Fsp3) is 0.207. The zero-order valence-electron chi connectivity index (χ0n) is 79.5. The molecule has 0 radical (unpaired) electrons. The number of esters is 5. The number of aryl methyl sites for hydroxylation is 4. The Kier molecular flexibility index (Phi) is 53.0. The van der Waals surface area contributed by atoms with Gasteiger partial charge in [-0.3, -0.25) is 0 Å². The molecule has 0 aliphatic rings. The number of alkyl halides is 1. The van der Waals surface area contributed by atoms with Crippen molar-refractivity contribution in [1.82, 2.24) is 0 Å². The SMILES string of the molecule is C=COCC.CCCc1ccc(O)cc1.CCCc1ccc(OC(=O)c2ccc(O)cc2)cc1.CCCc1ccc(OC(=O)c2ccc(OC(C)OCC)cc2)cc1.CCCc1ccc(OC(=O)c2ccc(OCc3ccccc3)cc2)cc1.COC(=O)c1ccc(O)cc1.COC(=O)c1ccc(OCc2ccccc2)cc1.ClCc1ccccc1.O=C(O)c1ccc(OCc2ccccc2)cc1.[HH]. The van der Waals surface area contributed by atoms with Gasteiger partial charge in [-0.2, -0.15) is 0 Å². The minimum atomic E-state index is -0.931. The number of phenolic OH excluding ortho intramolecular Hbond substituents is 3. The van der Waals surface area contributed by atoms with Crippen LogP contribution < -0.4 is 33.2 Å². The molecule has 14 aromatic carbocycles. The van der Waals surface area contributed by atoms with Crippen molar-refractivity contribution in [1.29, 1.82) is 0 Å². The Balaban J connectivity index is 0.000000284. The fourth-order valence-electron chi connectivity index (χ4n) is 12.0. The summed E-state index contributed by atoms with van der Waals surface area (Å²) in [5.74, 6) is 2.75. The van der Waals surface area contributed by atoms with E-state index in [2.05, 4.69) is 48.5 Å². The van der Waals surface area contributed by atoms with Gasteiger partial charge in [0.05, 0.1) is 60.5 Å². The summed E-state index contributed by atoms with van der Waals surface area (Å²) in [5.41, 5.74) is 12.1. The van der Waals surface area contributed by atoms with Crippen molar-refractivity contribution in [2.24, 2.45) is 0 Å². The molecule has 138 heavy (non-hydrogen) atoms. The van der Waals surface area contributed by atoms with Crippen LogP contribution in [-0.4, -0.2) is 90.0 Å². The number of hydrogen-bond acceptors (Lipinski definition) is 20. The van der Waals surface area contributed by atoms with Crippen molar-refractivity contribution in [3.63, 3.8) is 0 Å². The summed E-state index contributed by atoms with van der Waals surface area (Å²) in [5, 5.41) is 35.7. The van der Waals surface area contributed by atoms with Crippen LogP contribution in [0.1, 0.15) is 182 Å². The van der Waals surface area contributed by atoms with E-state index in [1.54, 1.807) is 109 Å². The van der Waals surface area contributed by atoms with Crippen LogP contribution in [0.25, 0.3) is 0 Å². The average molecular weight is 1890 g/mol. The van der Waals surface area contributed by atoms with Gasteiger partial charge in [0, 0.05) is 13.9 Å². The standard InChI is InChI=1S/C23H22O3.C20H24O4.C16H16O3.C15H14O3.C14H12O3.C9H12O.C8H8O3.C7H7Cl.C4H8O.H2/c1-2-6-18-9-13-22(14-10-18)26-23(24)20-11-15-21(16-12-20)25-17-19-7-4-3-5-8-19;1-4-6-16-7-11-19(12-8-16)24-20(21)17-9-13-18(14-10-17)23-15(3)22-5-2;1-2-3-12-4-10-15(11-5-12)19-16(18)13-6-8-14(17)9-7-13;1-17-15(16)13-7-9-14(10-8-13)18-11-12-5-3-2-4-6-12;15-14(16)12-6-8-13(9-7-12)17-10-11-4-2-1-3-5-11;1-2-3-8-4-6-9(10)7-5-8;1-11-8(10)6-2-4-7(9)5-3-6;8-6-7-4-2-1-3-5-7;1-3-5-4-2;/h3-5,7-16H,2,6,17H2,1H3;7-15H,4-6H2,1-3H3;4-11,17H,2-3H2,1H3;2-10H,11H2,1H3;1-9H,10H2,(H,15,16);4-7,10H,2-3H2,1H3;2-5,9H,1H3;1-5H,6H2;3H,1,4H2,2H3;1H. The molecule has 0 aliphatic heterocycles. The lowest BCUT2D eigenvalue weighted by Gasteiger charge is -2.14. The Morgan fingerprint density at radius 1 is 0.304 bits per heavy atom. The summed E-state index contributed by atoms with van der Waals surface area (Å²) in [7, 11) is 2.68. The monoisotopic (exact) mass is 1890 g/mol. The second-order valence-electron chi connectivity index (χ2n) is 30.0. The molecule has 0 bridgehead atoms. The maximum absolute atomic E-state index is 12.3. The van der Waals surface area contributed by atoms with Gasteiger partial charge in [-0.15, -0.1) is 11.6 Å². The predicted octanol–water partition coefficient (Wildman–Crippen LogP) is 27.0. The van der Waals surface area contributed by atoms with Crippen LogP contribution in [0.15, 0.2) is 377 Å². The second kappa shape index (κ2) is 65.8. The first kappa shape index (κ1) is 111. The number of aromatic carboxylic acids is 1. The minimum Gasteiger partial charge on any atom is -0.508 e. The van der Waals surface area contributed by atoms with Gasteiger partial charge >= 0.3 is 35.8 Å². The molecule has 0 amide bonds. The molecule has 14 rings (SSSR count). The van der Waals surface area contributed by atoms with Crippen LogP contribution in [-0.2, 0) is 70.3 Å². The molecule has 722 valence electrons. The zero-order chi connectivity index (χ0) is 99.7. The Bertz CT molecular complexity index is 5730. The van der Waals surface area contributed by atoms with E-state index < -0.39 is 17.9 Å². The maximum atomic E-state index is 12.3. The number of halogens is 1. The summed E-state index contributed by atoms with van der Waals surface area (Å²) in [6.45, 7) is 20.3. The summed E-state index contributed by atoms with van der Waals surface area (Å²) in [6, 6.07) is 109. The van der Waals surface area contributed by atoms with E-state index in [0.29, 0.717) is 100 Å². The Labute approximate surface area is 816 Å². The smallest absolute Gasteiger partial charge is 0.343 e. The summed E-state index contributed by atoms with van der Waals surface area (Å²) < 4.78 is 57.5. The van der Waals surface area contributed by atoms with Gasteiger partial charge in [0.25, 0.3) is 0 Å². The first-order valence-corrected chi connectivity index (χ1v) is 45.8. The van der Waals surface area contributed by atoms with Crippen LogP contribution in [0.3, 0.4) is 0 Å². The topological polar surface area (TPSA) is 285 Å². The molecule has 21 nitrogen and oxygen atoms in total. The van der Waals surface area contributed by atoms with E-state index in [4.69, 9.17) is 69.9 Å². The number of carbonyl (C=O) groups is 6. The van der Waals surface area contributed by atoms with Crippen molar-refractivity contribution in [2.45, 2.75) is 132 Å². The fourth-order valence-corrected chi connectivity index (χ4v) is 12.2. The van der Waals surface area contributed by atoms with Gasteiger partial charge in [-0.1, -0.05) is 230 Å². The number of aromatic hydroxyl groups is 3. The number of hydrogen-bond donors (Lipinski definition) is 4.